The molecule has 3 heterocycles. The molecule has 4 aliphatic carbocycles. The van der Waals surface area contributed by atoms with E-state index in [-0.39, 0.29) is 16.6 Å². The zero-order valence-electron chi connectivity index (χ0n) is 21.5. The Bertz CT molecular complexity index is 1090. The number of fused-ring (bicyclic) bond motifs is 7. The number of nitrogens with one attached hydrogen (secondary N) is 3. The summed E-state index contributed by atoms with van der Waals surface area (Å²) in [5.74, 6) is 4.20. The highest BCUT2D eigenvalue weighted by Gasteiger charge is 2.59. The van der Waals surface area contributed by atoms with Crippen LogP contribution in [0.25, 0.3) is 0 Å². The van der Waals surface area contributed by atoms with Crippen molar-refractivity contribution in [3.8, 4) is 0 Å². The minimum absolute atomic E-state index is 0.0249. The molecule has 6 aliphatic rings. The lowest BCUT2D eigenvalue weighted by atomic mass is 9.52. The molecule has 34 heavy (non-hydrogen) atoms. The van der Waals surface area contributed by atoms with Gasteiger partial charge >= 0.3 is 0 Å². The van der Waals surface area contributed by atoms with Crippen molar-refractivity contribution in [2.24, 2.45) is 40.9 Å². The largest absolute Gasteiger partial charge is 0.369 e. The number of hydrogen-bond acceptors (Lipinski definition) is 3. The van der Waals surface area contributed by atoms with Gasteiger partial charge in [-0.3, -0.25) is 9.89 Å². The first kappa shape index (κ1) is 21.9. The molecular weight excluding hydrogens is 422 g/mol. The van der Waals surface area contributed by atoms with Gasteiger partial charge in [-0.15, -0.1) is 0 Å². The molecule has 7 rings (SSSR count). The van der Waals surface area contributed by atoms with Crippen LogP contribution in [-0.4, -0.2) is 34.5 Å². The van der Waals surface area contributed by atoms with Crippen LogP contribution in [0.4, 0.5) is 0 Å². The Labute approximate surface area is 203 Å². The Hall–Kier alpha value is -1.33. The third-order valence-electron chi connectivity index (χ3n) is 12.1. The molecule has 1 spiro atoms. The molecular formula is C29H43N3O2. The predicted molar refractivity (Wildman–Crippen MR) is 134 cm³/mol. The summed E-state index contributed by atoms with van der Waals surface area (Å²) in [6, 6.07) is 0.525. The van der Waals surface area contributed by atoms with Crippen LogP contribution < -0.4 is 10.9 Å². The minimum atomic E-state index is 0.0249. The van der Waals surface area contributed by atoms with Crippen molar-refractivity contribution in [1.82, 2.24) is 15.5 Å². The van der Waals surface area contributed by atoms with Crippen molar-refractivity contribution < 1.29 is 4.74 Å². The van der Waals surface area contributed by atoms with E-state index >= 15 is 0 Å². The lowest BCUT2D eigenvalue weighted by Gasteiger charge is -2.52. The first-order valence-corrected chi connectivity index (χ1v) is 14.2. The Morgan fingerprint density at radius 2 is 1.88 bits per heavy atom. The Morgan fingerprint density at radius 3 is 2.71 bits per heavy atom. The maximum Gasteiger partial charge on any atom is 0.267 e. The van der Waals surface area contributed by atoms with Crippen LogP contribution in [0.5, 0.6) is 0 Å². The summed E-state index contributed by atoms with van der Waals surface area (Å²) >= 11 is 0. The highest BCUT2D eigenvalue weighted by molar-refractivity contribution is 5.32. The van der Waals surface area contributed by atoms with E-state index in [2.05, 4.69) is 43.2 Å². The van der Waals surface area contributed by atoms with Gasteiger partial charge in [0.1, 0.15) is 0 Å². The van der Waals surface area contributed by atoms with Crippen molar-refractivity contribution >= 4 is 0 Å². The number of hydrogen-bond donors (Lipinski definition) is 3. The molecule has 0 amide bonds. The van der Waals surface area contributed by atoms with Crippen molar-refractivity contribution in [2.45, 2.75) is 103 Å². The lowest BCUT2D eigenvalue weighted by molar-refractivity contribution is -0.0843. The molecule has 0 radical (unpaired) electrons. The highest BCUT2D eigenvalue weighted by atomic mass is 16.5. The number of ether oxygens (including phenoxy) is 1. The summed E-state index contributed by atoms with van der Waals surface area (Å²) in [5.41, 5.74) is 6.07. The summed E-state index contributed by atoms with van der Waals surface area (Å²) in [6.45, 7) is 11.0. The number of aromatic nitrogens is 2. The van der Waals surface area contributed by atoms with E-state index in [0.717, 1.165) is 49.1 Å². The van der Waals surface area contributed by atoms with Gasteiger partial charge in [-0.1, -0.05) is 31.9 Å². The first-order valence-electron chi connectivity index (χ1n) is 14.2. The van der Waals surface area contributed by atoms with Crippen LogP contribution in [0.3, 0.4) is 0 Å². The van der Waals surface area contributed by atoms with E-state index in [9.17, 15) is 4.79 Å². The fourth-order valence-electron chi connectivity index (χ4n) is 10.1. The van der Waals surface area contributed by atoms with Crippen LogP contribution in [0.2, 0.25) is 0 Å². The minimum Gasteiger partial charge on any atom is -0.369 e. The zero-order valence-corrected chi connectivity index (χ0v) is 21.5. The standard InChI is InChI=1S/C29H43N3O2/c1-15-8-10-30-25-17(3)29(34-26(15)25)9-7-19-20-6-5-18-11-24-22(27(33)32-31-24)14-28(18,4)23(20)12-21(19)16(2)13-29/h15,17-20,23,25-26,30H,5-14H2,1-4H3,(H2,31,32,33)/t15-,17-,18-,19+,20+,23+,25+,26-,28+,29+/m1/s1. The molecule has 0 unspecified atom stereocenters. The van der Waals surface area contributed by atoms with Gasteiger partial charge in [0.05, 0.1) is 11.7 Å². The van der Waals surface area contributed by atoms with Gasteiger partial charge in [-0.05, 0) is 106 Å². The molecule has 2 saturated heterocycles. The number of piperidine rings is 1. The molecule has 10 atom stereocenters. The van der Waals surface area contributed by atoms with E-state index in [1.807, 2.05) is 0 Å². The van der Waals surface area contributed by atoms with Crippen molar-refractivity contribution in [2.75, 3.05) is 6.54 Å². The van der Waals surface area contributed by atoms with Crippen LogP contribution in [0.1, 0.15) is 83.9 Å². The number of H-pyrrole nitrogens is 2. The number of allylic oxidation sites excluding steroid dienone is 1. The Balaban J connectivity index is 1.20. The van der Waals surface area contributed by atoms with E-state index in [1.54, 1.807) is 11.1 Å². The third kappa shape index (κ3) is 2.83. The summed E-state index contributed by atoms with van der Waals surface area (Å²) < 4.78 is 7.08. The van der Waals surface area contributed by atoms with Crippen molar-refractivity contribution in [1.29, 1.82) is 0 Å². The second kappa shape index (κ2) is 7.35. The molecule has 5 nitrogen and oxygen atoms in total. The van der Waals surface area contributed by atoms with Gasteiger partial charge in [0.2, 0.25) is 0 Å². The normalized spacial score (nSPS) is 49.8. The third-order valence-corrected chi connectivity index (χ3v) is 12.1. The average molecular weight is 466 g/mol. The summed E-state index contributed by atoms with van der Waals surface area (Å²) in [4.78, 5) is 12.5. The number of rotatable bonds is 0. The molecule has 5 heteroatoms. The molecule has 2 aliphatic heterocycles. The summed E-state index contributed by atoms with van der Waals surface area (Å²) in [5, 5.41) is 9.91. The second-order valence-corrected chi connectivity index (χ2v) is 13.5. The van der Waals surface area contributed by atoms with Gasteiger partial charge in [0.15, 0.2) is 0 Å². The zero-order chi connectivity index (χ0) is 23.4. The smallest absolute Gasteiger partial charge is 0.267 e. The van der Waals surface area contributed by atoms with Gasteiger partial charge in [0.25, 0.3) is 5.56 Å². The molecule has 1 aromatic rings. The van der Waals surface area contributed by atoms with E-state index in [4.69, 9.17) is 4.74 Å². The quantitative estimate of drug-likeness (QED) is 0.485. The summed E-state index contributed by atoms with van der Waals surface area (Å²) in [7, 11) is 0. The van der Waals surface area contributed by atoms with Gasteiger partial charge in [-0.2, -0.15) is 0 Å². The highest BCUT2D eigenvalue weighted by Crippen LogP contribution is 2.64. The fraction of sp³-hybridized carbons (Fsp3) is 0.828. The van der Waals surface area contributed by atoms with Crippen molar-refractivity contribution in [3.63, 3.8) is 0 Å². The maximum absolute atomic E-state index is 12.5. The summed E-state index contributed by atoms with van der Waals surface area (Å²) in [6.07, 6.45) is 11.2. The Kier molecular flexibility index (Phi) is 4.74. The van der Waals surface area contributed by atoms with E-state index < -0.39 is 0 Å². The van der Waals surface area contributed by atoms with Crippen LogP contribution in [-0.2, 0) is 17.6 Å². The molecule has 4 fully saturated rings. The van der Waals surface area contributed by atoms with Crippen molar-refractivity contribution in [3.05, 3.63) is 32.8 Å². The van der Waals surface area contributed by atoms with Crippen LogP contribution >= 0.6 is 0 Å². The predicted octanol–water partition coefficient (Wildman–Crippen LogP) is 4.74. The molecule has 0 bridgehead atoms. The van der Waals surface area contributed by atoms with Crippen LogP contribution in [0.15, 0.2) is 15.9 Å². The topological polar surface area (TPSA) is 69.9 Å². The SMILES string of the molecule is CC1=C2C[C@H]3[C@@H](CC[C@@H]4Cc5[nH][nH]c(=O)c5C[C@@]43C)[C@@H]2CC[C@@]2(C1)O[C@H]1[C@@H](NCC[C@H]1C)[C@H]2C. The number of aromatic amines is 2. The maximum atomic E-state index is 12.5. The van der Waals surface area contributed by atoms with Gasteiger partial charge in [0, 0.05) is 23.2 Å². The Morgan fingerprint density at radius 1 is 1.03 bits per heavy atom. The molecule has 186 valence electrons. The average Bonchev–Trinajstić information content (AvgIpc) is 3.42. The van der Waals surface area contributed by atoms with E-state index in [1.165, 1.54) is 44.2 Å². The van der Waals surface area contributed by atoms with Gasteiger partial charge < -0.3 is 15.2 Å². The lowest BCUT2D eigenvalue weighted by Crippen LogP contribution is -2.49. The van der Waals surface area contributed by atoms with Gasteiger partial charge in [-0.25, -0.2) is 0 Å². The molecule has 1 aromatic heterocycles. The monoisotopic (exact) mass is 465 g/mol. The molecule has 3 N–H and O–H groups in total. The first-order chi connectivity index (χ1) is 16.3. The van der Waals surface area contributed by atoms with E-state index in [0.29, 0.717) is 29.9 Å². The fourth-order valence-corrected chi connectivity index (χ4v) is 10.1. The molecule has 2 saturated carbocycles. The molecule has 0 aromatic carbocycles. The van der Waals surface area contributed by atoms with Crippen LogP contribution in [0, 0.1) is 40.9 Å². The second-order valence-electron chi connectivity index (χ2n) is 13.5.